The monoisotopic (exact) mass is 158 g/mol. The van der Waals surface area contributed by atoms with Crippen LogP contribution in [0.15, 0.2) is 0 Å². The lowest BCUT2D eigenvalue weighted by molar-refractivity contribution is -0.119. The zero-order valence-electron chi connectivity index (χ0n) is 7.31. The first-order valence-corrected chi connectivity index (χ1v) is 4.43. The van der Waals surface area contributed by atoms with Crippen LogP contribution < -0.4 is 0 Å². The fourth-order valence-electron chi connectivity index (χ4n) is 0.973. The summed E-state index contributed by atoms with van der Waals surface area (Å²) in [6.45, 7) is 2.26. The maximum absolute atomic E-state index is 11.0. The standard InChI is InChI=1S/C9H18O2/c1-2-3-4-6-9(11)7-5-8-10/h10H,2-8H2,1H3. The molecular formula is C9H18O2. The third kappa shape index (κ3) is 7.53. The van der Waals surface area contributed by atoms with Gasteiger partial charge < -0.3 is 5.11 Å². The van der Waals surface area contributed by atoms with E-state index in [9.17, 15) is 4.79 Å². The molecule has 0 bridgehead atoms. The molecule has 0 radical (unpaired) electrons. The Morgan fingerprint density at radius 1 is 1.18 bits per heavy atom. The van der Waals surface area contributed by atoms with E-state index in [1.54, 1.807) is 0 Å². The van der Waals surface area contributed by atoms with Gasteiger partial charge in [-0.3, -0.25) is 4.79 Å². The van der Waals surface area contributed by atoms with Crippen molar-refractivity contribution in [1.29, 1.82) is 0 Å². The number of ketones is 1. The van der Waals surface area contributed by atoms with E-state index >= 15 is 0 Å². The highest BCUT2D eigenvalue weighted by Gasteiger charge is 1.99. The minimum Gasteiger partial charge on any atom is -0.396 e. The first kappa shape index (κ1) is 10.6. The molecule has 2 nitrogen and oxygen atoms in total. The van der Waals surface area contributed by atoms with E-state index in [0.717, 1.165) is 19.3 Å². The molecule has 0 atom stereocenters. The number of rotatable bonds is 7. The molecule has 0 saturated carbocycles. The van der Waals surface area contributed by atoms with Gasteiger partial charge in [-0.2, -0.15) is 0 Å². The van der Waals surface area contributed by atoms with Crippen molar-refractivity contribution in [1.82, 2.24) is 0 Å². The van der Waals surface area contributed by atoms with Gasteiger partial charge in [0.25, 0.3) is 0 Å². The molecule has 0 heterocycles. The Morgan fingerprint density at radius 2 is 1.82 bits per heavy atom. The Kier molecular flexibility index (Phi) is 7.47. The van der Waals surface area contributed by atoms with Gasteiger partial charge >= 0.3 is 0 Å². The van der Waals surface area contributed by atoms with Crippen LogP contribution in [0.5, 0.6) is 0 Å². The highest BCUT2D eigenvalue weighted by Crippen LogP contribution is 2.02. The fourth-order valence-corrected chi connectivity index (χ4v) is 0.973. The number of Topliss-reactive ketones (excluding diaryl/α,β-unsaturated/α-hetero) is 1. The molecule has 0 aliphatic heterocycles. The van der Waals surface area contributed by atoms with E-state index in [1.165, 1.54) is 0 Å². The molecular weight excluding hydrogens is 140 g/mol. The van der Waals surface area contributed by atoms with E-state index in [2.05, 4.69) is 6.92 Å². The molecule has 0 rings (SSSR count). The lowest BCUT2D eigenvalue weighted by Crippen LogP contribution is -1.98. The van der Waals surface area contributed by atoms with Crippen LogP contribution in [0.3, 0.4) is 0 Å². The summed E-state index contributed by atoms with van der Waals surface area (Å²) in [5, 5.41) is 8.43. The van der Waals surface area contributed by atoms with Crippen molar-refractivity contribution in [3.8, 4) is 0 Å². The fraction of sp³-hybridized carbons (Fsp3) is 0.889. The zero-order valence-corrected chi connectivity index (χ0v) is 7.31. The summed E-state index contributed by atoms with van der Waals surface area (Å²) < 4.78 is 0. The summed E-state index contributed by atoms with van der Waals surface area (Å²) in [5.74, 6) is 0.299. The van der Waals surface area contributed by atoms with Crippen LogP contribution in [0.2, 0.25) is 0 Å². The number of hydrogen-bond acceptors (Lipinski definition) is 2. The van der Waals surface area contributed by atoms with E-state index in [-0.39, 0.29) is 6.61 Å². The van der Waals surface area contributed by atoms with E-state index in [0.29, 0.717) is 25.0 Å². The minimum absolute atomic E-state index is 0.138. The van der Waals surface area contributed by atoms with Gasteiger partial charge in [0.2, 0.25) is 0 Å². The molecule has 0 aliphatic rings. The normalized spacial score (nSPS) is 10.0. The van der Waals surface area contributed by atoms with Crippen LogP contribution >= 0.6 is 0 Å². The average Bonchev–Trinajstić information content (AvgIpc) is 2.01. The van der Waals surface area contributed by atoms with Crippen LogP contribution in [0.25, 0.3) is 0 Å². The van der Waals surface area contributed by atoms with Crippen molar-refractivity contribution in [2.45, 2.75) is 45.4 Å². The third-order valence-electron chi connectivity index (χ3n) is 1.67. The highest BCUT2D eigenvalue weighted by molar-refractivity contribution is 5.78. The largest absolute Gasteiger partial charge is 0.396 e. The molecule has 0 saturated heterocycles. The summed E-state index contributed by atoms with van der Waals surface area (Å²) in [4.78, 5) is 11.0. The number of carbonyl (C=O) groups excluding carboxylic acids is 1. The van der Waals surface area contributed by atoms with Crippen molar-refractivity contribution in [2.24, 2.45) is 0 Å². The summed E-state index contributed by atoms with van der Waals surface area (Å²) in [5.41, 5.74) is 0. The van der Waals surface area contributed by atoms with Gasteiger partial charge in [0.1, 0.15) is 5.78 Å². The van der Waals surface area contributed by atoms with Gasteiger partial charge in [-0.25, -0.2) is 0 Å². The summed E-state index contributed by atoms with van der Waals surface area (Å²) >= 11 is 0. The predicted molar refractivity (Wildman–Crippen MR) is 45.5 cm³/mol. The number of aliphatic hydroxyl groups excluding tert-OH is 1. The Bertz CT molecular complexity index is 99.7. The highest BCUT2D eigenvalue weighted by atomic mass is 16.3. The molecule has 0 amide bonds. The first-order chi connectivity index (χ1) is 5.31. The predicted octanol–water partition coefficient (Wildman–Crippen LogP) is 1.91. The van der Waals surface area contributed by atoms with Crippen LogP contribution in [-0.2, 0) is 4.79 Å². The van der Waals surface area contributed by atoms with Crippen LogP contribution in [0, 0.1) is 0 Å². The third-order valence-corrected chi connectivity index (χ3v) is 1.67. The molecule has 11 heavy (non-hydrogen) atoms. The molecule has 66 valence electrons. The Balaban J connectivity index is 3.09. The number of aliphatic hydroxyl groups is 1. The molecule has 2 heteroatoms. The van der Waals surface area contributed by atoms with Crippen LogP contribution in [0.1, 0.15) is 45.4 Å². The second kappa shape index (κ2) is 7.73. The Labute approximate surface area is 68.6 Å². The maximum Gasteiger partial charge on any atom is 0.132 e. The van der Waals surface area contributed by atoms with Crippen LogP contribution in [-0.4, -0.2) is 17.5 Å². The number of unbranched alkanes of at least 4 members (excludes halogenated alkanes) is 2. The smallest absolute Gasteiger partial charge is 0.132 e. The van der Waals surface area contributed by atoms with Gasteiger partial charge in [0, 0.05) is 19.4 Å². The molecule has 1 N–H and O–H groups in total. The molecule has 0 aromatic rings. The van der Waals surface area contributed by atoms with Crippen molar-refractivity contribution in [3.63, 3.8) is 0 Å². The van der Waals surface area contributed by atoms with Gasteiger partial charge in [-0.05, 0) is 12.8 Å². The molecule has 0 fully saturated rings. The van der Waals surface area contributed by atoms with Gasteiger partial charge in [-0.15, -0.1) is 0 Å². The molecule has 0 aromatic carbocycles. The Hall–Kier alpha value is -0.370. The maximum atomic E-state index is 11.0. The van der Waals surface area contributed by atoms with E-state index < -0.39 is 0 Å². The quantitative estimate of drug-likeness (QED) is 0.575. The van der Waals surface area contributed by atoms with Crippen molar-refractivity contribution in [2.75, 3.05) is 6.61 Å². The lowest BCUT2D eigenvalue weighted by Gasteiger charge is -1.97. The van der Waals surface area contributed by atoms with Crippen molar-refractivity contribution in [3.05, 3.63) is 0 Å². The van der Waals surface area contributed by atoms with Gasteiger partial charge in [0.05, 0.1) is 0 Å². The SMILES string of the molecule is CCCCCC(=O)CCCO. The molecule has 0 aromatic heterocycles. The topological polar surface area (TPSA) is 37.3 Å². The molecule has 0 unspecified atom stereocenters. The van der Waals surface area contributed by atoms with E-state index in [1.807, 2.05) is 0 Å². The van der Waals surface area contributed by atoms with Gasteiger partial charge in [0.15, 0.2) is 0 Å². The first-order valence-electron chi connectivity index (χ1n) is 4.43. The van der Waals surface area contributed by atoms with Crippen molar-refractivity contribution < 1.29 is 9.90 Å². The number of carbonyl (C=O) groups is 1. The Morgan fingerprint density at radius 3 is 2.36 bits per heavy atom. The zero-order chi connectivity index (χ0) is 8.53. The second-order valence-corrected chi connectivity index (χ2v) is 2.82. The van der Waals surface area contributed by atoms with E-state index in [4.69, 9.17) is 5.11 Å². The summed E-state index contributed by atoms with van der Waals surface area (Å²) in [6, 6.07) is 0. The lowest BCUT2D eigenvalue weighted by atomic mass is 10.1. The minimum atomic E-state index is 0.138. The van der Waals surface area contributed by atoms with Crippen LogP contribution in [0.4, 0.5) is 0 Å². The van der Waals surface area contributed by atoms with Crippen molar-refractivity contribution >= 4 is 5.78 Å². The van der Waals surface area contributed by atoms with Gasteiger partial charge in [-0.1, -0.05) is 19.8 Å². The summed E-state index contributed by atoms with van der Waals surface area (Å²) in [7, 11) is 0. The molecule has 0 aliphatic carbocycles. The average molecular weight is 158 g/mol. The second-order valence-electron chi connectivity index (χ2n) is 2.82. The number of hydrogen-bond donors (Lipinski definition) is 1. The molecule has 0 spiro atoms. The summed E-state index contributed by atoms with van der Waals surface area (Å²) in [6.07, 6.45) is 5.21.